The summed E-state index contributed by atoms with van der Waals surface area (Å²) in [5, 5.41) is 4.15. The van der Waals surface area contributed by atoms with Gasteiger partial charge in [-0.3, -0.25) is 9.59 Å². The summed E-state index contributed by atoms with van der Waals surface area (Å²) in [7, 11) is 1.84. The van der Waals surface area contributed by atoms with E-state index in [0.29, 0.717) is 38.4 Å². The van der Waals surface area contributed by atoms with Crippen molar-refractivity contribution in [2.75, 3.05) is 32.0 Å². The highest BCUT2D eigenvalue weighted by atomic mass is 16.3. The van der Waals surface area contributed by atoms with Crippen LogP contribution in [0.15, 0.2) is 28.7 Å². The molecule has 8 nitrogen and oxygen atoms in total. The number of nitrogens with zero attached hydrogens (tertiary/aromatic N) is 4. The molecule has 1 fully saturated rings. The number of aryl methyl sites for hydroxylation is 1. The zero-order chi connectivity index (χ0) is 22.4. The predicted octanol–water partition coefficient (Wildman–Crippen LogP) is 3.11. The van der Waals surface area contributed by atoms with Gasteiger partial charge >= 0.3 is 0 Å². The first-order chi connectivity index (χ1) is 15.5. The molecule has 2 amide bonds. The molecule has 32 heavy (non-hydrogen) atoms. The van der Waals surface area contributed by atoms with Crippen LogP contribution in [0.4, 0.5) is 5.82 Å². The number of carbonyl (C=O) groups excluding carboxylic acids is 2. The largest absolute Gasteiger partial charge is 0.451 e. The summed E-state index contributed by atoms with van der Waals surface area (Å²) >= 11 is 0. The molecule has 1 aromatic carbocycles. The van der Waals surface area contributed by atoms with Gasteiger partial charge in [-0.25, -0.2) is 9.97 Å². The standard InChI is InChI=1S/C24H27N5O3/c1-14-17-6-4-5-7-20(17)32-21(14)24(31)29-10-8-16(12-29)22-26-19-9-11-28(15(2)30)13-18(19)23(25-3)27-22/h4-7,16H,8-13H2,1-3H3,(H,25,26,27)/t16-/m0/s1. The third-order valence-electron chi connectivity index (χ3n) is 6.64. The van der Waals surface area contributed by atoms with Crippen molar-refractivity contribution >= 4 is 28.6 Å². The molecule has 0 unspecified atom stereocenters. The van der Waals surface area contributed by atoms with Crippen molar-refractivity contribution in [2.24, 2.45) is 0 Å². The van der Waals surface area contributed by atoms with E-state index in [1.807, 2.05) is 48.0 Å². The molecule has 0 bridgehead atoms. The molecule has 4 heterocycles. The van der Waals surface area contributed by atoms with Crippen molar-refractivity contribution in [3.63, 3.8) is 0 Å². The molecule has 0 saturated carbocycles. The Morgan fingerprint density at radius 3 is 2.72 bits per heavy atom. The summed E-state index contributed by atoms with van der Waals surface area (Å²) < 4.78 is 5.89. The smallest absolute Gasteiger partial charge is 0.289 e. The monoisotopic (exact) mass is 433 g/mol. The molecular formula is C24H27N5O3. The van der Waals surface area contributed by atoms with Gasteiger partial charge in [-0.05, 0) is 19.4 Å². The van der Waals surface area contributed by atoms with E-state index in [4.69, 9.17) is 14.4 Å². The van der Waals surface area contributed by atoms with E-state index in [2.05, 4.69) is 5.32 Å². The van der Waals surface area contributed by atoms with Crippen LogP contribution in [0.5, 0.6) is 0 Å². The van der Waals surface area contributed by atoms with Crippen LogP contribution < -0.4 is 5.32 Å². The Labute approximate surface area is 186 Å². The molecule has 3 aromatic rings. The Morgan fingerprint density at radius 2 is 1.97 bits per heavy atom. The van der Waals surface area contributed by atoms with E-state index >= 15 is 0 Å². The summed E-state index contributed by atoms with van der Waals surface area (Å²) in [4.78, 5) is 38.3. The number of likely N-dealkylation sites (tertiary alicyclic amines) is 1. The number of furan rings is 1. The van der Waals surface area contributed by atoms with Gasteiger partial charge in [0.05, 0.1) is 12.2 Å². The van der Waals surface area contributed by atoms with Gasteiger partial charge in [-0.2, -0.15) is 0 Å². The maximum absolute atomic E-state index is 13.2. The number of fused-ring (bicyclic) bond motifs is 2. The number of para-hydroxylation sites is 1. The van der Waals surface area contributed by atoms with E-state index in [1.54, 1.807) is 6.92 Å². The molecule has 2 aromatic heterocycles. The van der Waals surface area contributed by atoms with Crippen LogP contribution in [0.25, 0.3) is 11.0 Å². The molecule has 0 radical (unpaired) electrons. The molecule has 5 rings (SSSR count). The van der Waals surface area contributed by atoms with Crippen LogP contribution >= 0.6 is 0 Å². The maximum Gasteiger partial charge on any atom is 0.289 e. The topological polar surface area (TPSA) is 91.6 Å². The summed E-state index contributed by atoms with van der Waals surface area (Å²) in [5.74, 6) is 2.01. The number of nitrogens with one attached hydrogen (secondary N) is 1. The molecular weight excluding hydrogens is 406 g/mol. The van der Waals surface area contributed by atoms with Crippen LogP contribution in [0.1, 0.15) is 52.5 Å². The van der Waals surface area contributed by atoms with Gasteiger partial charge in [0.1, 0.15) is 17.2 Å². The van der Waals surface area contributed by atoms with E-state index in [9.17, 15) is 9.59 Å². The van der Waals surface area contributed by atoms with E-state index in [0.717, 1.165) is 45.9 Å². The fraction of sp³-hybridized carbons (Fsp3) is 0.417. The lowest BCUT2D eigenvalue weighted by atomic mass is 10.0. The van der Waals surface area contributed by atoms with Gasteiger partial charge in [0.25, 0.3) is 5.91 Å². The normalized spacial score (nSPS) is 18.2. The number of anilines is 1. The maximum atomic E-state index is 13.2. The Hall–Kier alpha value is -3.42. The number of amides is 2. The highest BCUT2D eigenvalue weighted by molar-refractivity contribution is 5.99. The Kier molecular flexibility index (Phi) is 5.07. The first-order valence-electron chi connectivity index (χ1n) is 11.1. The Bertz CT molecular complexity index is 1200. The minimum Gasteiger partial charge on any atom is -0.451 e. The first kappa shape index (κ1) is 20.5. The van der Waals surface area contributed by atoms with Crippen molar-refractivity contribution < 1.29 is 14.0 Å². The fourth-order valence-corrected chi connectivity index (χ4v) is 4.77. The Morgan fingerprint density at radius 1 is 1.16 bits per heavy atom. The van der Waals surface area contributed by atoms with E-state index in [-0.39, 0.29) is 17.7 Å². The minimum atomic E-state index is -0.0786. The molecule has 0 spiro atoms. The lowest BCUT2D eigenvalue weighted by Gasteiger charge is -2.29. The van der Waals surface area contributed by atoms with Gasteiger partial charge in [-0.1, -0.05) is 18.2 Å². The number of benzene rings is 1. The number of aromatic nitrogens is 2. The van der Waals surface area contributed by atoms with Gasteiger partial charge in [-0.15, -0.1) is 0 Å². The van der Waals surface area contributed by atoms with Crippen LogP contribution in [0.2, 0.25) is 0 Å². The van der Waals surface area contributed by atoms with Gasteiger partial charge < -0.3 is 19.5 Å². The van der Waals surface area contributed by atoms with Crippen molar-refractivity contribution in [1.29, 1.82) is 0 Å². The number of hydrogen-bond acceptors (Lipinski definition) is 6. The Balaban J connectivity index is 1.38. The van der Waals surface area contributed by atoms with Crippen molar-refractivity contribution in [3.05, 3.63) is 52.7 Å². The van der Waals surface area contributed by atoms with Gasteiger partial charge in [0.2, 0.25) is 5.91 Å². The third kappa shape index (κ3) is 3.39. The van der Waals surface area contributed by atoms with Gasteiger partial charge in [0.15, 0.2) is 5.76 Å². The van der Waals surface area contributed by atoms with Gasteiger partial charge in [0, 0.05) is 62.5 Å². The first-order valence-corrected chi connectivity index (χ1v) is 11.1. The molecule has 2 aliphatic heterocycles. The van der Waals surface area contributed by atoms with Crippen LogP contribution in [-0.2, 0) is 17.8 Å². The molecule has 2 aliphatic rings. The van der Waals surface area contributed by atoms with E-state index in [1.165, 1.54) is 0 Å². The second kappa shape index (κ2) is 7.93. The second-order valence-electron chi connectivity index (χ2n) is 8.59. The third-order valence-corrected chi connectivity index (χ3v) is 6.64. The molecule has 1 atom stereocenters. The van der Waals surface area contributed by atoms with Crippen LogP contribution in [-0.4, -0.2) is 58.3 Å². The van der Waals surface area contributed by atoms with Crippen molar-refractivity contribution in [3.8, 4) is 0 Å². The summed E-state index contributed by atoms with van der Waals surface area (Å²) in [6.07, 6.45) is 1.53. The van der Waals surface area contributed by atoms with Crippen LogP contribution in [0.3, 0.4) is 0 Å². The molecule has 166 valence electrons. The van der Waals surface area contributed by atoms with Crippen LogP contribution in [0, 0.1) is 6.92 Å². The molecule has 1 saturated heterocycles. The number of rotatable bonds is 3. The zero-order valence-corrected chi connectivity index (χ0v) is 18.6. The average molecular weight is 434 g/mol. The van der Waals surface area contributed by atoms with Crippen molar-refractivity contribution in [1.82, 2.24) is 19.8 Å². The highest BCUT2D eigenvalue weighted by Crippen LogP contribution is 2.32. The lowest BCUT2D eigenvalue weighted by Crippen LogP contribution is -2.35. The highest BCUT2D eigenvalue weighted by Gasteiger charge is 2.33. The summed E-state index contributed by atoms with van der Waals surface area (Å²) in [5.41, 5.74) is 3.60. The molecule has 1 N–H and O–H groups in total. The summed E-state index contributed by atoms with van der Waals surface area (Å²) in [6.45, 7) is 5.93. The van der Waals surface area contributed by atoms with E-state index < -0.39 is 0 Å². The number of carbonyl (C=O) groups is 2. The molecule has 0 aliphatic carbocycles. The quantitative estimate of drug-likeness (QED) is 0.683. The minimum absolute atomic E-state index is 0.0626. The second-order valence-corrected chi connectivity index (χ2v) is 8.59. The summed E-state index contributed by atoms with van der Waals surface area (Å²) in [6, 6.07) is 7.73. The predicted molar refractivity (Wildman–Crippen MR) is 121 cm³/mol. The molecule has 8 heteroatoms. The number of hydrogen-bond donors (Lipinski definition) is 1. The zero-order valence-electron chi connectivity index (χ0n) is 18.6. The average Bonchev–Trinajstić information content (AvgIpc) is 3.43. The lowest BCUT2D eigenvalue weighted by molar-refractivity contribution is -0.129. The van der Waals surface area contributed by atoms with Crippen molar-refractivity contribution in [2.45, 2.75) is 39.2 Å². The fourth-order valence-electron chi connectivity index (χ4n) is 4.77. The SMILES string of the molecule is CNc1nc([C@H]2CCN(C(=O)c3oc4ccccc4c3C)C2)nc2c1CN(C(C)=O)CC2.